The summed E-state index contributed by atoms with van der Waals surface area (Å²) in [5.41, 5.74) is 4.98. The van der Waals surface area contributed by atoms with Crippen molar-refractivity contribution >= 4 is 17.5 Å². The molecule has 1 aliphatic rings. The number of aromatic nitrogens is 1. The van der Waals surface area contributed by atoms with Gasteiger partial charge in [0, 0.05) is 27.9 Å². The maximum Gasteiger partial charge on any atom is 0.249 e. The second-order valence-electron chi connectivity index (χ2n) is 7.17. The van der Waals surface area contributed by atoms with E-state index in [1.54, 1.807) is 30.5 Å². The number of nitrogens with two attached hydrogens (primary N) is 1. The Hall–Kier alpha value is -3.16. The summed E-state index contributed by atoms with van der Waals surface area (Å²) in [4.78, 5) is 16.5. The summed E-state index contributed by atoms with van der Waals surface area (Å²) in [6.45, 7) is 1.85. The summed E-state index contributed by atoms with van der Waals surface area (Å²) in [6, 6.07) is 11.1. The van der Waals surface area contributed by atoms with Crippen molar-refractivity contribution in [2.75, 3.05) is 7.11 Å². The summed E-state index contributed by atoms with van der Waals surface area (Å²) in [5.74, 6) is -1.43. The molecule has 4 rings (SSSR count). The summed E-state index contributed by atoms with van der Waals surface area (Å²) >= 11 is 6.49. The molecular weight excluding hydrogens is 423 g/mol. The molecule has 0 unspecified atom stereocenters. The average molecular weight is 443 g/mol. The smallest absolute Gasteiger partial charge is 0.249 e. The molecule has 3 aromatic rings. The van der Waals surface area contributed by atoms with Crippen LogP contribution in [0.2, 0.25) is 5.02 Å². The molecule has 0 aliphatic carbocycles. The zero-order chi connectivity index (χ0) is 22.3. The van der Waals surface area contributed by atoms with Gasteiger partial charge in [-0.05, 0) is 42.8 Å². The molecule has 2 atom stereocenters. The van der Waals surface area contributed by atoms with Crippen molar-refractivity contribution in [2.45, 2.75) is 25.0 Å². The van der Waals surface area contributed by atoms with E-state index in [1.807, 2.05) is 6.92 Å². The van der Waals surface area contributed by atoms with Crippen LogP contribution in [0, 0.1) is 5.82 Å². The van der Waals surface area contributed by atoms with Crippen molar-refractivity contribution in [3.05, 3.63) is 76.3 Å². The van der Waals surface area contributed by atoms with Gasteiger partial charge < -0.3 is 20.3 Å². The Morgan fingerprint density at radius 3 is 2.68 bits per heavy atom. The van der Waals surface area contributed by atoms with Gasteiger partial charge in [0.2, 0.25) is 5.91 Å². The number of pyridine rings is 1. The first-order valence-corrected chi connectivity index (χ1v) is 10.0. The molecule has 0 radical (unpaired) electrons. The van der Waals surface area contributed by atoms with Gasteiger partial charge in [-0.3, -0.25) is 9.78 Å². The van der Waals surface area contributed by atoms with Gasteiger partial charge in [-0.15, -0.1) is 0 Å². The highest BCUT2D eigenvalue weighted by Gasteiger charge is 2.51. The lowest BCUT2D eigenvalue weighted by molar-refractivity contribution is -0.0389. The number of aliphatic hydroxyl groups is 1. The van der Waals surface area contributed by atoms with Crippen LogP contribution < -0.4 is 15.2 Å². The second-order valence-corrected chi connectivity index (χ2v) is 7.57. The Morgan fingerprint density at radius 2 is 2.06 bits per heavy atom. The highest BCUT2D eigenvalue weighted by atomic mass is 35.5. The number of halogens is 2. The predicted octanol–water partition coefficient (Wildman–Crippen LogP) is 4.38. The second kappa shape index (κ2) is 7.83. The van der Waals surface area contributed by atoms with E-state index in [9.17, 15) is 9.90 Å². The quantitative estimate of drug-likeness (QED) is 0.611. The van der Waals surface area contributed by atoms with Crippen LogP contribution in [0.1, 0.15) is 41.1 Å². The van der Waals surface area contributed by atoms with Crippen LogP contribution >= 0.6 is 11.6 Å². The number of aliphatic hydroxyl groups excluding tert-OH is 1. The number of primary amides is 1. The molecule has 1 aliphatic heterocycles. The fourth-order valence-corrected chi connectivity index (χ4v) is 4.35. The fraction of sp³-hybridized carbons (Fsp3) is 0.217. The van der Waals surface area contributed by atoms with E-state index in [-0.39, 0.29) is 33.0 Å². The molecule has 0 fully saturated rings. The summed E-state index contributed by atoms with van der Waals surface area (Å²) < 4.78 is 26.7. The van der Waals surface area contributed by atoms with Crippen molar-refractivity contribution in [3.63, 3.8) is 0 Å². The zero-order valence-corrected chi connectivity index (χ0v) is 17.6. The lowest BCUT2D eigenvalue weighted by atomic mass is 9.83. The van der Waals surface area contributed by atoms with E-state index in [4.69, 9.17) is 26.8 Å². The summed E-state index contributed by atoms with van der Waals surface area (Å²) in [7, 11) is 1.31. The van der Waals surface area contributed by atoms with Crippen molar-refractivity contribution in [1.29, 1.82) is 0 Å². The highest BCUT2D eigenvalue weighted by Crippen LogP contribution is 2.55. The van der Waals surface area contributed by atoms with Gasteiger partial charge in [-0.25, -0.2) is 4.39 Å². The van der Waals surface area contributed by atoms with Crippen LogP contribution in [0.3, 0.4) is 0 Å². The first-order chi connectivity index (χ1) is 14.9. The van der Waals surface area contributed by atoms with E-state index >= 15 is 4.39 Å². The molecule has 1 amide bonds. The molecule has 2 heterocycles. The van der Waals surface area contributed by atoms with Crippen LogP contribution in [-0.2, 0) is 5.60 Å². The fourth-order valence-electron chi connectivity index (χ4n) is 4.09. The van der Waals surface area contributed by atoms with E-state index in [0.717, 1.165) is 0 Å². The van der Waals surface area contributed by atoms with Gasteiger partial charge in [0.15, 0.2) is 17.2 Å². The standard InChI is InChI=1S/C23H20ClFN2O4/c1-3-23(16-6-4-5-11-27-16)21(28)19-14(31-23)10-8-13(24)18(19)17-12(22(26)29)7-9-15(30-2)20(17)25/h4-11,21,28H,3H2,1-2H3,(H2,26,29)/t21-,23+/m1/s1. The van der Waals surface area contributed by atoms with Gasteiger partial charge >= 0.3 is 0 Å². The number of rotatable bonds is 5. The third-order valence-electron chi connectivity index (χ3n) is 5.63. The molecular formula is C23H20ClFN2O4. The van der Waals surface area contributed by atoms with Gasteiger partial charge in [0.05, 0.1) is 18.4 Å². The number of amides is 1. The van der Waals surface area contributed by atoms with Gasteiger partial charge in [-0.1, -0.05) is 24.6 Å². The van der Waals surface area contributed by atoms with E-state index in [0.29, 0.717) is 17.9 Å². The molecule has 1 aromatic heterocycles. The maximum atomic E-state index is 15.4. The minimum Gasteiger partial charge on any atom is -0.494 e. The number of ether oxygens (including phenoxy) is 2. The molecule has 0 spiro atoms. The van der Waals surface area contributed by atoms with Crippen LogP contribution in [0.4, 0.5) is 4.39 Å². The third-order valence-corrected chi connectivity index (χ3v) is 5.94. The lowest BCUT2D eigenvalue weighted by Gasteiger charge is -2.30. The van der Waals surface area contributed by atoms with Crippen LogP contribution in [-0.4, -0.2) is 23.1 Å². The molecule has 8 heteroatoms. The number of fused-ring (bicyclic) bond motifs is 1. The largest absolute Gasteiger partial charge is 0.494 e. The summed E-state index contributed by atoms with van der Waals surface area (Å²) in [6.07, 6.45) is 0.745. The molecule has 31 heavy (non-hydrogen) atoms. The number of hydrogen-bond donors (Lipinski definition) is 2. The Kier molecular flexibility index (Phi) is 5.33. The topological polar surface area (TPSA) is 94.7 Å². The number of carbonyl (C=O) groups is 1. The molecule has 0 saturated heterocycles. The predicted molar refractivity (Wildman–Crippen MR) is 114 cm³/mol. The van der Waals surface area contributed by atoms with Crippen LogP contribution in [0.25, 0.3) is 11.1 Å². The molecule has 6 nitrogen and oxygen atoms in total. The number of nitrogens with zero attached hydrogens (tertiary/aromatic N) is 1. The number of hydrogen-bond acceptors (Lipinski definition) is 5. The first-order valence-electron chi connectivity index (χ1n) is 9.63. The lowest BCUT2D eigenvalue weighted by Crippen LogP contribution is -2.35. The zero-order valence-electron chi connectivity index (χ0n) is 16.9. The number of methoxy groups -OCH3 is 1. The van der Waals surface area contributed by atoms with Gasteiger partial charge in [0.1, 0.15) is 11.9 Å². The van der Waals surface area contributed by atoms with Gasteiger partial charge in [-0.2, -0.15) is 0 Å². The number of benzene rings is 2. The van der Waals surface area contributed by atoms with Crippen LogP contribution in [0.15, 0.2) is 48.7 Å². The van der Waals surface area contributed by atoms with E-state index < -0.39 is 23.4 Å². The van der Waals surface area contributed by atoms with Crippen molar-refractivity contribution < 1.29 is 23.8 Å². The SMILES string of the molecule is CC[C@@]1(c2ccccn2)Oc2ccc(Cl)c(-c3c(C(N)=O)ccc(OC)c3F)c2[C@H]1O. The normalized spacial score (nSPS) is 19.6. The molecule has 160 valence electrons. The minimum atomic E-state index is -1.23. The Balaban J connectivity index is 2.02. The third kappa shape index (κ3) is 3.12. The minimum absolute atomic E-state index is 0.0893. The van der Waals surface area contributed by atoms with Crippen molar-refractivity contribution in [1.82, 2.24) is 4.98 Å². The Morgan fingerprint density at radius 1 is 1.29 bits per heavy atom. The first kappa shape index (κ1) is 21.1. The molecule has 0 bridgehead atoms. The Labute approximate surface area is 183 Å². The Bertz CT molecular complexity index is 1170. The van der Waals surface area contributed by atoms with E-state index in [1.165, 1.54) is 25.3 Å². The molecule has 2 aromatic carbocycles. The molecule has 0 saturated carbocycles. The maximum absolute atomic E-state index is 15.4. The van der Waals surface area contributed by atoms with Gasteiger partial charge in [0.25, 0.3) is 0 Å². The molecule has 3 N–H and O–H groups in total. The van der Waals surface area contributed by atoms with Crippen LogP contribution in [0.5, 0.6) is 11.5 Å². The van der Waals surface area contributed by atoms with Crippen molar-refractivity contribution in [3.8, 4) is 22.6 Å². The van der Waals surface area contributed by atoms with Crippen molar-refractivity contribution in [2.24, 2.45) is 5.73 Å². The monoisotopic (exact) mass is 442 g/mol. The average Bonchev–Trinajstić information content (AvgIpc) is 3.07. The van der Waals surface area contributed by atoms with E-state index in [2.05, 4.69) is 4.98 Å². The highest BCUT2D eigenvalue weighted by molar-refractivity contribution is 6.34. The summed E-state index contributed by atoms with van der Waals surface area (Å²) in [5, 5.41) is 11.6. The number of carbonyl (C=O) groups excluding carboxylic acids is 1.